The van der Waals surface area contributed by atoms with E-state index >= 15 is 0 Å². The van der Waals surface area contributed by atoms with E-state index in [1.807, 2.05) is 6.07 Å². The van der Waals surface area contributed by atoms with E-state index in [1.165, 1.54) is 36.8 Å². The lowest BCUT2D eigenvalue weighted by Crippen LogP contribution is -2.39. The summed E-state index contributed by atoms with van der Waals surface area (Å²) in [4.78, 5) is 67.3. The second-order valence-electron chi connectivity index (χ2n) is 10.7. The topological polar surface area (TPSA) is 138 Å². The molecule has 4 aliphatic rings. The third-order valence-electron chi connectivity index (χ3n) is 8.24. The molecule has 1 spiro atoms. The van der Waals surface area contributed by atoms with E-state index in [-0.39, 0.29) is 22.4 Å². The summed E-state index contributed by atoms with van der Waals surface area (Å²) in [5.41, 5.74) is 0.928. The molecular formula is C30H24N6O5S2. The van der Waals surface area contributed by atoms with Crippen LogP contribution >= 0.6 is 22.7 Å². The molecule has 1 saturated carbocycles. The van der Waals surface area contributed by atoms with Gasteiger partial charge in [0.25, 0.3) is 29.3 Å². The molecule has 1 aliphatic carbocycles. The van der Waals surface area contributed by atoms with Crippen molar-refractivity contribution < 1.29 is 23.9 Å². The number of ether oxygens (including phenoxy) is 1. The molecule has 11 nitrogen and oxygen atoms in total. The third kappa shape index (κ3) is 4.27. The second-order valence-corrected chi connectivity index (χ2v) is 12.8. The summed E-state index contributed by atoms with van der Waals surface area (Å²) in [7, 11) is 2.70. The maximum Gasteiger partial charge on any atom is 0.271 e. The maximum absolute atomic E-state index is 13.0. The van der Waals surface area contributed by atoms with E-state index in [0.717, 1.165) is 57.4 Å². The first-order valence-corrected chi connectivity index (χ1v) is 15.1. The van der Waals surface area contributed by atoms with Crippen LogP contribution in [0, 0.1) is 17.9 Å². The van der Waals surface area contributed by atoms with Gasteiger partial charge in [0.05, 0.1) is 11.4 Å². The molecule has 1 fully saturated rings. The number of hydrogen-bond acceptors (Lipinski definition) is 10. The molecule has 216 valence electrons. The molecule has 6 rings (SSSR count). The van der Waals surface area contributed by atoms with Crippen LogP contribution in [0.2, 0.25) is 0 Å². The molecule has 5 heterocycles. The largest absolute Gasteiger partial charge is 0.463 e. The number of carbonyl (C=O) groups excluding carboxylic acids is 4. The van der Waals surface area contributed by atoms with Gasteiger partial charge in [-0.05, 0) is 62.8 Å². The van der Waals surface area contributed by atoms with Gasteiger partial charge in [0.15, 0.2) is 5.60 Å². The number of nitriles is 1. The first-order valence-electron chi connectivity index (χ1n) is 13.5. The monoisotopic (exact) mass is 612 g/mol. The van der Waals surface area contributed by atoms with Crippen LogP contribution in [0.4, 0.5) is 0 Å². The van der Waals surface area contributed by atoms with Gasteiger partial charge < -0.3 is 4.74 Å². The lowest BCUT2D eigenvalue weighted by atomic mass is 9.80. The zero-order chi connectivity index (χ0) is 30.8. The van der Waals surface area contributed by atoms with Gasteiger partial charge in [0.2, 0.25) is 5.88 Å². The highest BCUT2D eigenvalue weighted by atomic mass is 32.1. The number of hydrogen-bond donors (Lipinski definition) is 0. The van der Waals surface area contributed by atoms with Crippen molar-refractivity contribution in [1.29, 1.82) is 5.26 Å². The molecule has 3 aliphatic heterocycles. The summed E-state index contributed by atoms with van der Waals surface area (Å²) < 4.78 is 6.61. The maximum atomic E-state index is 13.0. The van der Waals surface area contributed by atoms with E-state index in [1.54, 1.807) is 26.0 Å². The lowest BCUT2D eigenvalue weighted by molar-refractivity contribution is -0.140. The Kier molecular flexibility index (Phi) is 6.75. The van der Waals surface area contributed by atoms with Crippen molar-refractivity contribution in [2.45, 2.75) is 51.6 Å². The fourth-order valence-corrected chi connectivity index (χ4v) is 7.94. The molecule has 13 heteroatoms. The highest BCUT2D eigenvalue weighted by Crippen LogP contribution is 2.55. The van der Waals surface area contributed by atoms with Crippen molar-refractivity contribution in [3.8, 4) is 21.7 Å². The van der Waals surface area contributed by atoms with Crippen molar-refractivity contribution >= 4 is 58.5 Å². The molecule has 0 radical (unpaired) electrons. The van der Waals surface area contributed by atoms with Gasteiger partial charge in [0, 0.05) is 25.2 Å². The summed E-state index contributed by atoms with van der Waals surface area (Å²) in [5, 5.41) is 10.5. The Labute approximate surface area is 254 Å². The molecule has 4 amide bonds. The zero-order valence-electron chi connectivity index (χ0n) is 23.7. The van der Waals surface area contributed by atoms with Gasteiger partial charge in [0.1, 0.15) is 32.2 Å². The van der Waals surface area contributed by atoms with Crippen LogP contribution in [-0.2, 0) is 24.8 Å². The average molecular weight is 613 g/mol. The van der Waals surface area contributed by atoms with Crippen molar-refractivity contribution in [2.24, 2.45) is 0 Å². The number of likely N-dealkylation sites (N-methyl/N-ethyl adjacent to an activating group) is 2. The average Bonchev–Trinajstić information content (AvgIpc) is 3.61. The summed E-state index contributed by atoms with van der Waals surface area (Å²) in [6, 6.07) is 1.90. The molecule has 0 bridgehead atoms. The molecular weight excluding hydrogens is 589 g/mol. The van der Waals surface area contributed by atoms with E-state index in [2.05, 4.69) is 4.85 Å². The Balaban J connectivity index is 1.49. The number of amides is 4. The Morgan fingerprint density at radius 3 is 2.09 bits per heavy atom. The van der Waals surface area contributed by atoms with Crippen LogP contribution in [0.5, 0.6) is 5.88 Å². The van der Waals surface area contributed by atoms with Crippen molar-refractivity contribution in [2.75, 3.05) is 14.1 Å². The van der Waals surface area contributed by atoms with Crippen LogP contribution in [0.15, 0.2) is 33.6 Å². The smallest absolute Gasteiger partial charge is 0.271 e. The molecule has 0 aromatic carbocycles. The van der Waals surface area contributed by atoms with Crippen molar-refractivity contribution in [1.82, 2.24) is 19.8 Å². The van der Waals surface area contributed by atoms with E-state index < -0.39 is 29.2 Å². The number of carbonyl (C=O) groups is 4. The van der Waals surface area contributed by atoms with Crippen LogP contribution < -0.4 is 4.74 Å². The number of thiazole rings is 2. The second kappa shape index (κ2) is 10.2. The number of rotatable bonds is 2. The first kappa shape index (κ1) is 28.4. The number of nitrogens with zero attached hydrogens (tertiary/aromatic N) is 6. The van der Waals surface area contributed by atoms with Crippen LogP contribution in [0.1, 0.15) is 61.7 Å². The predicted octanol–water partition coefficient (Wildman–Crippen LogP) is 4.62. The van der Waals surface area contributed by atoms with E-state index in [9.17, 15) is 24.4 Å². The molecule has 2 aromatic heterocycles. The first-order chi connectivity index (χ1) is 20.5. The van der Waals surface area contributed by atoms with Gasteiger partial charge >= 0.3 is 0 Å². The summed E-state index contributed by atoms with van der Waals surface area (Å²) >= 11 is 2.68. The Morgan fingerprint density at radius 1 is 0.884 bits per heavy atom. The SMILES string of the molecule is [C-]#[N+]C1=C(C)/C(=C/c2nc3c(s2)-c2sc(/C=C4\C(=O)N(C)C(=O)C(C#N)=C4C)nc2OC32CCCCC2)C(=O)N(C)C1=O. The normalized spacial score (nSPS) is 21.8. The standard InChI is InChI=1S/C30H24N6O5S2/c1-14-16(26(37)35(4)28(39)18(14)13-31)11-20-34-25-23(43-20)22-24(30(41-25)9-7-6-8-10-30)33-19(42-22)12-17-15(2)21(32-3)29(40)36(5)27(17)38/h11-12H,6-10H2,1-2,4-5H3/b16-11-,17-12-. The van der Waals surface area contributed by atoms with Gasteiger partial charge in [-0.25, -0.2) is 14.8 Å². The minimum Gasteiger partial charge on any atom is -0.463 e. The summed E-state index contributed by atoms with van der Waals surface area (Å²) in [6.45, 7) is 10.6. The summed E-state index contributed by atoms with van der Waals surface area (Å²) in [6.07, 6.45) is 7.64. The zero-order valence-corrected chi connectivity index (χ0v) is 25.4. The number of aromatic nitrogens is 2. The highest BCUT2D eigenvalue weighted by molar-refractivity contribution is 7.23. The number of fused-ring (bicyclic) bond motifs is 4. The van der Waals surface area contributed by atoms with Crippen LogP contribution in [-0.4, -0.2) is 57.5 Å². The fourth-order valence-electron chi connectivity index (χ4n) is 5.78. The Morgan fingerprint density at radius 2 is 1.47 bits per heavy atom. The molecule has 0 N–H and O–H groups in total. The predicted molar refractivity (Wildman–Crippen MR) is 158 cm³/mol. The highest BCUT2D eigenvalue weighted by Gasteiger charge is 2.46. The van der Waals surface area contributed by atoms with Gasteiger partial charge in [-0.15, -0.1) is 22.7 Å². The third-order valence-corrected chi connectivity index (χ3v) is 10.4. The molecule has 0 saturated heterocycles. The van der Waals surface area contributed by atoms with Gasteiger partial charge in [-0.1, -0.05) is 6.42 Å². The van der Waals surface area contributed by atoms with Crippen molar-refractivity contribution in [3.05, 3.63) is 60.7 Å². The minimum absolute atomic E-state index is 0.0928. The Hall–Kier alpha value is -4.72. The minimum atomic E-state index is -0.695. The lowest BCUT2D eigenvalue weighted by Gasteiger charge is -2.38. The Bertz CT molecular complexity index is 1890. The fraction of sp³-hybridized carbons (Fsp3) is 0.333. The van der Waals surface area contributed by atoms with Crippen molar-refractivity contribution in [3.63, 3.8) is 0 Å². The van der Waals surface area contributed by atoms with E-state index in [4.69, 9.17) is 21.3 Å². The molecule has 43 heavy (non-hydrogen) atoms. The number of imide groups is 2. The molecule has 0 unspecified atom stereocenters. The van der Waals surface area contributed by atoms with Crippen LogP contribution in [0.25, 0.3) is 26.8 Å². The van der Waals surface area contributed by atoms with E-state index in [0.29, 0.717) is 27.0 Å². The van der Waals surface area contributed by atoms with Crippen LogP contribution in [0.3, 0.4) is 0 Å². The summed E-state index contributed by atoms with van der Waals surface area (Å²) in [5.74, 6) is -1.86. The molecule has 0 atom stereocenters. The van der Waals surface area contributed by atoms with Gasteiger partial charge in [-0.2, -0.15) is 5.26 Å². The quantitative estimate of drug-likeness (QED) is 0.272. The van der Waals surface area contributed by atoms with Gasteiger partial charge in [-0.3, -0.25) is 29.0 Å². The molecule has 2 aromatic rings.